The lowest BCUT2D eigenvalue weighted by Gasteiger charge is -2.36. The molecule has 1 fully saturated rings. The molecule has 1 saturated heterocycles. The van der Waals surface area contributed by atoms with Crippen LogP contribution in [0.25, 0.3) is 0 Å². The minimum atomic E-state index is -0.0676. The molecule has 0 bridgehead atoms. The number of carbonyl (C=O) groups excluding carboxylic acids is 1. The average molecular weight is 370 g/mol. The van der Waals surface area contributed by atoms with Crippen molar-refractivity contribution >= 4 is 11.7 Å². The van der Waals surface area contributed by atoms with Gasteiger partial charge in [0.2, 0.25) is 5.88 Å². The first-order valence-corrected chi connectivity index (χ1v) is 9.02. The van der Waals surface area contributed by atoms with Crippen molar-refractivity contribution in [2.45, 2.75) is 13.5 Å². The lowest BCUT2D eigenvalue weighted by Crippen LogP contribution is -2.51. The van der Waals surface area contributed by atoms with Crippen molar-refractivity contribution in [3.8, 4) is 11.6 Å². The van der Waals surface area contributed by atoms with E-state index in [2.05, 4.69) is 33.4 Å². The summed E-state index contributed by atoms with van der Waals surface area (Å²) in [6.07, 6.45) is 1.67. The molecule has 1 aromatic heterocycles. The molecule has 0 atom stereocenters. The smallest absolute Gasteiger partial charge is 0.317 e. The number of nitrogens with one attached hydrogen (secondary N) is 1. The first-order chi connectivity index (χ1) is 13.1. The Morgan fingerprint density at radius 3 is 2.63 bits per heavy atom. The zero-order valence-electron chi connectivity index (χ0n) is 16.1. The molecule has 7 heteroatoms. The van der Waals surface area contributed by atoms with Crippen molar-refractivity contribution in [2.75, 3.05) is 45.3 Å². The summed E-state index contributed by atoms with van der Waals surface area (Å²) in [5, 5.41) is 2.95. The summed E-state index contributed by atoms with van der Waals surface area (Å²) in [7, 11) is 3.26. The van der Waals surface area contributed by atoms with Gasteiger partial charge in [-0.15, -0.1) is 0 Å². The Kier molecular flexibility index (Phi) is 6.01. The summed E-state index contributed by atoms with van der Waals surface area (Å²) in [6.45, 7) is 5.34. The molecule has 0 radical (unpaired) electrons. The molecule has 0 saturated carbocycles. The fourth-order valence-corrected chi connectivity index (χ4v) is 3.20. The molecule has 2 heterocycles. The van der Waals surface area contributed by atoms with Crippen LogP contribution in [0.15, 0.2) is 36.5 Å². The van der Waals surface area contributed by atoms with E-state index >= 15 is 0 Å². The van der Waals surface area contributed by atoms with Gasteiger partial charge in [0.05, 0.1) is 14.2 Å². The van der Waals surface area contributed by atoms with E-state index in [9.17, 15) is 4.79 Å². The largest absolute Gasteiger partial charge is 0.496 e. The lowest BCUT2D eigenvalue weighted by atomic mass is 10.1. The highest BCUT2D eigenvalue weighted by Gasteiger charge is 2.21. The molecule has 27 heavy (non-hydrogen) atoms. The van der Waals surface area contributed by atoms with Gasteiger partial charge in [0.1, 0.15) is 5.75 Å². The molecule has 3 rings (SSSR count). The van der Waals surface area contributed by atoms with Gasteiger partial charge in [-0.1, -0.05) is 12.1 Å². The zero-order valence-corrected chi connectivity index (χ0v) is 16.1. The number of hydrogen-bond acceptors (Lipinski definition) is 5. The van der Waals surface area contributed by atoms with Crippen LogP contribution in [-0.4, -0.2) is 56.3 Å². The van der Waals surface area contributed by atoms with E-state index in [0.717, 1.165) is 35.7 Å². The van der Waals surface area contributed by atoms with E-state index < -0.39 is 0 Å². The number of hydrogen-bond donors (Lipinski definition) is 1. The number of nitrogens with zero attached hydrogens (tertiary/aromatic N) is 3. The number of piperazine rings is 1. The number of carbonyl (C=O) groups is 1. The fourth-order valence-electron chi connectivity index (χ4n) is 3.20. The highest BCUT2D eigenvalue weighted by atomic mass is 16.5. The molecule has 1 aromatic carbocycles. The van der Waals surface area contributed by atoms with Crippen LogP contribution in [-0.2, 0) is 6.54 Å². The maximum atomic E-state index is 12.5. The highest BCUT2D eigenvalue weighted by molar-refractivity contribution is 5.74. The van der Waals surface area contributed by atoms with E-state index in [1.54, 1.807) is 20.4 Å². The van der Waals surface area contributed by atoms with Crippen molar-refractivity contribution in [2.24, 2.45) is 0 Å². The van der Waals surface area contributed by atoms with Gasteiger partial charge in [0, 0.05) is 56.2 Å². The van der Waals surface area contributed by atoms with Gasteiger partial charge in [-0.2, -0.15) is 0 Å². The standard InChI is InChI=1S/C20H26N4O3/c1-15-6-7-17(13-18(15)26-2)23-9-11-24(12-10-23)20(25)22-14-16-5-4-8-21-19(16)27-3/h4-8,13H,9-12,14H2,1-3H3,(H,22,25). The maximum absolute atomic E-state index is 12.5. The van der Waals surface area contributed by atoms with Gasteiger partial charge in [-0.05, 0) is 24.6 Å². The molecule has 0 aliphatic carbocycles. The van der Waals surface area contributed by atoms with Crippen LogP contribution in [0.3, 0.4) is 0 Å². The fraction of sp³-hybridized carbons (Fsp3) is 0.400. The second-order valence-corrected chi connectivity index (χ2v) is 6.46. The Balaban J connectivity index is 1.53. The molecular formula is C20H26N4O3. The SMILES string of the molecule is COc1cc(N2CCN(C(=O)NCc3cccnc3OC)CC2)ccc1C. The van der Waals surface area contributed by atoms with Crippen LogP contribution in [0.5, 0.6) is 11.6 Å². The Bertz CT molecular complexity index is 789. The Morgan fingerprint density at radius 1 is 1.15 bits per heavy atom. The highest BCUT2D eigenvalue weighted by Crippen LogP contribution is 2.25. The second kappa shape index (κ2) is 8.62. The molecule has 0 unspecified atom stereocenters. The number of benzene rings is 1. The zero-order chi connectivity index (χ0) is 19.2. The summed E-state index contributed by atoms with van der Waals surface area (Å²) in [5.41, 5.74) is 3.10. The first kappa shape index (κ1) is 18.8. The maximum Gasteiger partial charge on any atom is 0.317 e. The number of urea groups is 1. The van der Waals surface area contributed by atoms with Crippen molar-refractivity contribution in [1.82, 2.24) is 15.2 Å². The molecule has 1 N–H and O–H groups in total. The lowest BCUT2D eigenvalue weighted by molar-refractivity contribution is 0.194. The number of amides is 2. The van der Waals surface area contributed by atoms with E-state index in [4.69, 9.17) is 9.47 Å². The number of aromatic nitrogens is 1. The normalized spacial score (nSPS) is 14.0. The van der Waals surface area contributed by atoms with Gasteiger partial charge in [0.25, 0.3) is 0 Å². The topological polar surface area (TPSA) is 66.9 Å². The van der Waals surface area contributed by atoms with Crippen LogP contribution in [0, 0.1) is 6.92 Å². The Labute approximate surface area is 159 Å². The summed E-state index contributed by atoms with van der Waals surface area (Å²) >= 11 is 0. The first-order valence-electron chi connectivity index (χ1n) is 9.02. The number of pyridine rings is 1. The Hall–Kier alpha value is -2.96. The third-order valence-corrected chi connectivity index (χ3v) is 4.80. The summed E-state index contributed by atoms with van der Waals surface area (Å²) in [4.78, 5) is 20.7. The molecule has 7 nitrogen and oxygen atoms in total. The van der Waals surface area contributed by atoms with Gasteiger partial charge in [-0.3, -0.25) is 0 Å². The van der Waals surface area contributed by atoms with Gasteiger partial charge in [-0.25, -0.2) is 9.78 Å². The molecule has 144 valence electrons. The van der Waals surface area contributed by atoms with Crippen molar-refractivity contribution < 1.29 is 14.3 Å². The second-order valence-electron chi connectivity index (χ2n) is 6.46. The quantitative estimate of drug-likeness (QED) is 0.876. The van der Waals surface area contributed by atoms with E-state index in [1.807, 2.05) is 24.0 Å². The van der Waals surface area contributed by atoms with E-state index in [-0.39, 0.29) is 6.03 Å². The van der Waals surface area contributed by atoms with Crippen molar-refractivity contribution in [1.29, 1.82) is 0 Å². The average Bonchev–Trinajstić information content (AvgIpc) is 2.72. The molecular weight excluding hydrogens is 344 g/mol. The molecule has 2 amide bonds. The van der Waals surface area contributed by atoms with Crippen LogP contribution >= 0.6 is 0 Å². The minimum Gasteiger partial charge on any atom is -0.496 e. The predicted octanol–water partition coefficient (Wildman–Crippen LogP) is 2.44. The van der Waals surface area contributed by atoms with Crippen LogP contribution < -0.4 is 19.7 Å². The van der Waals surface area contributed by atoms with Gasteiger partial charge < -0.3 is 24.6 Å². The summed E-state index contributed by atoms with van der Waals surface area (Å²) in [5.74, 6) is 1.43. The third-order valence-electron chi connectivity index (χ3n) is 4.80. The van der Waals surface area contributed by atoms with Crippen LogP contribution in [0.4, 0.5) is 10.5 Å². The predicted molar refractivity (Wildman–Crippen MR) is 105 cm³/mol. The number of ether oxygens (including phenoxy) is 2. The monoisotopic (exact) mass is 370 g/mol. The van der Waals surface area contributed by atoms with Gasteiger partial charge in [0.15, 0.2) is 0 Å². The third kappa shape index (κ3) is 4.42. The van der Waals surface area contributed by atoms with Gasteiger partial charge >= 0.3 is 6.03 Å². The number of anilines is 1. The van der Waals surface area contributed by atoms with Crippen LogP contribution in [0.1, 0.15) is 11.1 Å². The Morgan fingerprint density at radius 2 is 1.93 bits per heavy atom. The number of methoxy groups -OCH3 is 2. The molecule has 2 aromatic rings. The van der Waals surface area contributed by atoms with Crippen LogP contribution in [0.2, 0.25) is 0 Å². The summed E-state index contributed by atoms with van der Waals surface area (Å²) in [6, 6.07) is 9.88. The number of rotatable bonds is 5. The van der Waals surface area contributed by atoms with E-state index in [1.165, 1.54) is 0 Å². The number of aryl methyl sites for hydroxylation is 1. The van der Waals surface area contributed by atoms with Crippen molar-refractivity contribution in [3.63, 3.8) is 0 Å². The summed E-state index contributed by atoms with van der Waals surface area (Å²) < 4.78 is 10.6. The molecule has 1 aliphatic rings. The van der Waals surface area contributed by atoms with Crippen molar-refractivity contribution in [3.05, 3.63) is 47.7 Å². The minimum absolute atomic E-state index is 0.0676. The van der Waals surface area contributed by atoms with E-state index in [0.29, 0.717) is 25.5 Å². The molecule has 0 spiro atoms. The molecule has 1 aliphatic heterocycles.